The standard InChI is InChI=1S/C29H33NO3/c1-19(2)8-7-13-28(31)20-16-21-14-15-22(17-20)30(21)29(32)33-18-27-25-11-5-3-9-23(25)24-10-4-6-12-26(24)27/h3-6,8-12,20-22,27H,7,13-18H2,1-2H3. The Morgan fingerprint density at radius 1 is 0.939 bits per heavy atom. The fourth-order valence-electron chi connectivity index (χ4n) is 6.11. The zero-order valence-corrected chi connectivity index (χ0v) is 19.6. The number of allylic oxidation sites excluding steroid dienone is 2. The number of hydrogen-bond donors (Lipinski definition) is 0. The molecule has 2 atom stereocenters. The smallest absolute Gasteiger partial charge is 0.410 e. The molecule has 2 heterocycles. The third kappa shape index (κ3) is 4.23. The Bertz CT molecular complexity index is 1020. The summed E-state index contributed by atoms with van der Waals surface area (Å²) in [7, 11) is 0. The predicted molar refractivity (Wildman–Crippen MR) is 130 cm³/mol. The molecular weight excluding hydrogens is 410 g/mol. The summed E-state index contributed by atoms with van der Waals surface area (Å²) in [5.74, 6) is 0.524. The van der Waals surface area contributed by atoms with E-state index in [0.717, 1.165) is 32.1 Å². The highest BCUT2D eigenvalue weighted by atomic mass is 16.6. The number of carbonyl (C=O) groups is 2. The molecular formula is C29H33NO3. The van der Waals surface area contributed by atoms with Crippen molar-refractivity contribution in [3.05, 3.63) is 71.3 Å². The van der Waals surface area contributed by atoms with Crippen molar-refractivity contribution in [3.63, 3.8) is 0 Å². The quantitative estimate of drug-likeness (QED) is 0.479. The Balaban J connectivity index is 1.22. The maximum absolute atomic E-state index is 13.2. The van der Waals surface area contributed by atoms with Crippen molar-refractivity contribution in [3.8, 4) is 11.1 Å². The summed E-state index contributed by atoms with van der Waals surface area (Å²) in [5.41, 5.74) is 6.20. The number of nitrogens with zero attached hydrogens (tertiary/aromatic N) is 1. The molecule has 33 heavy (non-hydrogen) atoms. The summed E-state index contributed by atoms with van der Waals surface area (Å²) in [4.78, 5) is 27.9. The molecule has 2 aromatic rings. The molecule has 3 aliphatic rings. The van der Waals surface area contributed by atoms with Gasteiger partial charge in [-0.15, -0.1) is 0 Å². The first-order valence-electron chi connectivity index (χ1n) is 12.3. The number of fused-ring (bicyclic) bond motifs is 5. The van der Waals surface area contributed by atoms with Gasteiger partial charge in [0.05, 0.1) is 0 Å². The van der Waals surface area contributed by atoms with Gasteiger partial charge in [0.1, 0.15) is 12.4 Å². The lowest BCUT2D eigenvalue weighted by atomic mass is 9.86. The molecule has 172 valence electrons. The number of Topliss-reactive ketones (excluding diaryl/α,β-unsaturated/α-hetero) is 1. The maximum Gasteiger partial charge on any atom is 0.410 e. The Kier molecular flexibility index (Phi) is 6.09. The minimum Gasteiger partial charge on any atom is -0.448 e. The van der Waals surface area contributed by atoms with Crippen LogP contribution in [0.3, 0.4) is 0 Å². The van der Waals surface area contributed by atoms with Gasteiger partial charge in [-0.1, -0.05) is 60.2 Å². The van der Waals surface area contributed by atoms with Gasteiger partial charge in [0, 0.05) is 30.3 Å². The first-order valence-corrected chi connectivity index (χ1v) is 12.3. The lowest BCUT2D eigenvalue weighted by Crippen LogP contribution is -2.48. The molecule has 0 saturated carbocycles. The van der Waals surface area contributed by atoms with E-state index >= 15 is 0 Å². The SMILES string of the molecule is CC(C)=CCCC(=O)C1CC2CCC(C1)N2C(=O)OCC1c2ccccc2-c2ccccc21. The van der Waals surface area contributed by atoms with Crippen LogP contribution >= 0.6 is 0 Å². The van der Waals surface area contributed by atoms with E-state index in [4.69, 9.17) is 4.74 Å². The van der Waals surface area contributed by atoms with Crippen molar-refractivity contribution < 1.29 is 14.3 Å². The Morgan fingerprint density at radius 3 is 2.09 bits per heavy atom. The van der Waals surface area contributed by atoms with Crippen LogP contribution in [-0.4, -0.2) is 35.5 Å². The molecule has 1 amide bonds. The Hall–Kier alpha value is -2.88. The van der Waals surface area contributed by atoms with E-state index in [-0.39, 0.29) is 30.0 Å². The first kappa shape index (κ1) is 21.9. The lowest BCUT2D eigenvalue weighted by molar-refractivity contribution is -0.125. The van der Waals surface area contributed by atoms with E-state index < -0.39 is 0 Å². The van der Waals surface area contributed by atoms with Gasteiger partial charge in [0.15, 0.2) is 0 Å². The third-order valence-corrected chi connectivity index (χ3v) is 7.68. The fourth-order valence-corrected chi connectivity index (χ4v) is 6.11. The van der Waals surface area contributed by atoms with Crippen LogP contribution in [0.15, 0.2) is 60.2 Å². The molecule has 0 aromatic heterocycles. The molecule has 5 rings (SSSR count). The minimum atomic E-state index is -0.209. The zero-order chi connectivity index (χ0) is 22.9. The zero-order valence-electron chi connectivity index (χ0n) is 19.6. The number of ketones is 1. The lowest BCUT2D eigenvalue weighted by Gasteiger charge is -2.37. The number of rotatable bonds is 6. The van der Waals surface area contributed by atoms with Crippen molar-refractivity contribution in [1.29, 1.82) is 0 Å². The van der Waals surface area contributed by atoms with Crippen LogP contribution in [0.25, 0.3) is 11.1 Å². The second kappa shape index (κ2) is 9.17. The maximum atomic E-state index is 13.2. The largest absolute Gasteiger partial charge is 0.448 e. The van der Waals surface area contributed by atoms with Crippen LogP contribution < -0.4 is 0 Å². The van der Waals surface area contributed by atoms with Crippen molar-refractivity contribution in [2.45, 2.75) is 70.4 Å². The molecule has 0 radical (unpaired) electrons. The van der Waals surface area contributed by atoms with Crippen molar-refractivity contribution in [1.82, 2.24) is 4.90 Å². The van der Waals surface area contributed by atoms with Gasteiger partial charge >= 0.3 is 6.09 Å². The van der Waals surface area contributed by atoms with E-state index in [1.54, 1.807) is 0 Å². The van der Waals surface area contributed by atoms with E-state index in [2.05, 4.69) is 68.5 Å². The normalized spacial score (nSPS) is 23.1. The van der Waals surface area contributed by atoms with E-state index in [1.165, 1.54) is 27.8 Å². The predicted octanol–water partition coefficient (Wildman–Crippen LogP) is 6.49. The molecule has 2 aliphatic heterocycles. The Labute approximate surface area is 196 Å². The van der Waals surface area contributed by atoms with E-state index in [1.807, 2.05) is 4.90 Å². The molecule has 0 spiro atoms. The van der Waals surface area contributed by atoms with Gasteiger partial charge in [-0.3, -0.25) is 4.79 Å². The van der Waals surface area contributed by atoms with Crippen LogP contribution in [0, 0.1) is 5.92 Å². The number of hydrogen-bond acceptors (Lipinski definition) is 3. The Morgan fingerprint density at radius 2 is 1.52 bits per heavy atom. The van der Waals surface area contributed by atoms with Crippen LogP contribution in [0.4, 0.5) is 4.79 Å². The number of benzene rings is 2. The van der Waals surface area contributed by atoms with Crippen LogP contribution in [-0.2, 0) is 9.53 Å². The summed E-state index contributed by atoms with van der Waals surface area (Å²) in [6.07, 6.45) is 6.89. The topological polar surface area (TPSA) is 46.6 Å². The highest BCUT2D eigenvalue weighted by molar-refractivity contribution is 5.82. The molecule has 2 aromatic carbocycles. The molecule has 2 saturated heterocycles. The van der Waals surface area contributed by atoms with Gasteiger partial charge in [-0.05, 0) is 68.2 Å². The summed E-state index contributed by atoms with van der Waals surface area (Å²) >= 11 is 0. The number of piperidine rings is 1. The number of carbonyl (C=O) groups excluding carboxylic acids is 2. The van der Waals surface area contributed by atoms with Gasteiger partial charge in [0.25, 0.3) is 0 Å². The van der Waals surface area contributed by atoms with Gasteiger partial charge < -0.3 is 9.64 Å². The molecule has 0 N–H and O–H groups in total. The molecule has 2 unspecified atom stereocenters. The first-order chi connectivity index (χ1) is 16.0. The van der Waals surface area contributed by atoms with Crippen LogP contribution in [0.2, 0.25) is 0 Å². The van der Waals surface area contributed by atoms with Crippen molar-refractivity contribution in [2.75, 3.05) is 6.61 Å². The number of ether oxygens (including phenoxy) is 1. The monoisotopic (exact) mass is 443 g/mol. The van der Waals surface area contributed by atoms with Gasteiger partial charge in [-0.2, -0.15) is 0 Å². The molecule has 4 nitrogen and oxygen atoms in total. The van der Waals surface area contributed by atoms with E-state index in [9.17, 15) is 9.59 Å². The van der Waals surface area contributed by atoms with Crippen molar-refractivity contribution >= 4 is 11.9 Å². The minimum absolute atomic E-state index is 0.0770. The second-order valence-corrected chi connectivity index (χ2v) is 10.1. The molecule has 4 heteroatoms. The number of amides is 1. The van der Waals surface area contributed by atoms with Crippen LogP contribution in [0.1, 0.15) is 69.4 Å². The summed E-state index contributed by atoms with van der Waals surface area (Å²) in [5, 5.41) is 0. The van der Waals surface area contributed by atoms with Gasteiger partial charge in [-0.25, -0.2) is 4.79 Å². The van der Waals surface area contributed by atoms with E-state index in [0.29, 0.717) is 18.8 Å². The van der Waals surface area contributed by atoms with Gasteiger partial charge in [0.2, 0.25) is 0 Å². The summed E-state index contributed by atoms with van der Waals surface area (Å²) in [6, 6.07) is 17.1. The third-order valence-electron chi connectivity index (χ3n) is 7.68. The van der Waals surface area contributed by atoms with Crippen molar-refractivity contribution in [2.24, 2.45) is 5.92 Å². The summed E-state index contributed by atoms with van der Waals surface area (Å²) < 4.78 is 5.94. The average Bonchev–Trinajstić information content (AvgIpc) is 3.28. The highest BCUT2D eigenvalue weighted by Crippen LogP contribution is 2.45. The van der Waals surface area contributed by atoms with Crippen LogP contribution in [0.5, 0.6) is 0 Å². The highest BCUT2D eigenvalue weighted by Gasteiger charge is 2.45. The summed E-state index contributed by atoms with van der Waals surface area (Å²) in [6.45, 7) is 4.49. The molecule has 2 bridgehead atoms. The fraction of sp³-hybridized carbons (Fsp3) is 0.448. The second-order valence-electron chi connectivity index (χ2n) is 10.1. The molecule has 2 fully saturated rings. The average molecular weight is 444 g/mol. The molecule has 1 aliphatic carbocycles.